The Labute approximate surface area is 90.6 Å². The summed E-state index contributed by atoms with van der Waals surface area (Å²) in [6.07, 6.45) is 1.81. The normalized spacial score (nSPS) is 11.7. The molecule has 15 heavy (non-hydrogen) atoms. The summed E-state index contributed by atoms with van der Waals surface area (Å²) in [5.41, 5.74) is 0. The van der Waals surface area contributed by atoms with Crippen molar-refractivity contribution in [2.75, 3.05) is 13.7 Å². The first kappa shape index (κ1) is 13.7. The number of carbonyl (C=O) groups is 2. The number of hydrogen-bond donors (Lipinski definition) is 2. The molecule has 1 unspecified atom stereocenters. The van der Waals surface area contributed by atoms with E-state index in [0.717, 1.165) is 6.42 Å². The monoisotopic (exact) mass is 216 g/mol. The molecule has 0 spiro atoms. The zero-order chi connectivity index (χ0) is 11.7. The van der Waals surface area contributed by atoms with Gasteiger partial charge in [0.05, 0.1) is 13.5 Å². The van der Waals surface area contributed by atoms with Gasteiger partial charge in [0, 0.05) is 12.6 Å². The Morgan fingerprint density at radius 2 is 2.00 bits per heavy atom. The molecule has 0 aliphatic carbocycles. The fourth-order valence-electron chi connectivity index (χ4n) is 1.06. The maximum atomic E-state index is 11.3. The molecule has 0 rings (SSSR count). The van der Waals surface area contributed by atoms with Gasteiger partial charge in [-0.1, -0.05) is 13.8 Å². The highest BCUT2D eigenvalue weighted by atomic mass is 16.5. The van der Waals surface area contributed by atoms with Gasteiger partial charge in [-0.05, 0) is 12.8 Å². The second-order valence-corrected chi connectivity index (χ2v) is 3.29. The molecule has 1 atom stereocenters. The van der Waals surface area contributed by atoms with Gasteiger partial charge >= 0.3 is 12.0 Å². The number of hydrogen-bond acceptors (Lipinski definition) is 3. The first-order chi connectivity index (χ1) is 7.13. The molecule has 0 heterocycles. The van der Waals surface area contributed by atoms with E-state index in [1.165, 1.54) is 7.11 Å². The lowest BCUT2D eigenvalue weighted by molar-refractivity contribution is -0.141. The number of methoxy groups -OCH3 is 1. The van der Waals surface area contributed by atoms with Crippen molar-refractivity contribution < 1.29 is 14.3 Å². The van der Waals surface area contributed by atoms with Crippen LogP contribution in [-0.2, 0) is 9.53 Å². The lowest BCUT2D eigenvalue weighted by Gasteiger charge is -2.15. The van der Waals surface area contributed by atoms with Crippen molar-refractivity contribution in [1.29, 1.82) is 0 Å². The van der Waals surface area contributed by atoms with E-state index in [9.17, 15) is 9.59 Å². The maximum Gasteiger partial charge on any atom is 0.315 e. The van der Waals surface area contributed by atoms with Gasteiger partial charge in [0.15, 0.2) is 0 Å². The summed E-state index contributed by atoms with van der Waals surface area (Å²) in [7, 11) is 1.34. The van der Waals surface area contributed by atoms with Gasteiger partial charge in [0.25, 0.3) is 0 Å². The van der Waals surface area contributed by atoms with Gasteiger partial charge in [0.2, 0.25) is 0 Å². The average molecular weight is 216 g/mol. The molecule has 0 saturated heterocycles. The molecular formula is C10H20N2O3. The summed E-state index contributed by atoms with van der Waals surface area (Å²) in [6.45, 7) is 4.53. The Morgan fingerprint density at radius 1 is 1.33 bits per heavy atom. The molecule has 0 saturated carbocycles. The molecule has 0 aromatic rings. The molecule has 5 heteroatoms. The summed E-state index contributed by atoms with van der Waals surface area (Å²) in [5.74, 6) is -0.308. The van der Waals surface area contributed by atoms with Gasteiger partial charge in [-0.25, -0.2) is 4.79 Å². The number of esters is 1. The van der Waals surface area contributed by atoms with Crippen molar-refractivity contribution in [3.05, 3.63) is 0 Å². The summed E-state index contributed by atoms with van der Waals surface area (Å²) < 4.78 is 4.53. The van der Waals surface area contributed by atoms with E-state index in [2.05, 4.69) is 15.4 Å². The van der Waals surface area contributed by atoms with Crippen LogP contribution in [0.15, 0.2) is 0 Å². The van der Waals surface area contributed by atoms with E-state index in [1.807, 2.05) is 13.8 Å². The molecule has 0 aliphatic heterocycles. The van der Waals surface area contributed by atoms with E-state index in [-0.39, 0.29) is 24.5 Å². The van der Waals surface area contributed by atoms with Crippen molar-refractivity contribution in [2.24, 2.45) is 0 Å². The smallest absolute Gasteiger partial charge is 0.315 e. The van der Waals surface area contributed by atoms with Gasteiger partial charge in [-0.15, -0.1) is 0 Å². The fourth-order valence-corrected chi connectivity index (χ4v) is 1.06. The Balaban J connectivity index is 3.87. The van der Waals surface area contributed by atoms with Crippen molar-refractivity contribution >= 4 is 12.0 Å². The standard InChI is InChI=1S/C10H20N2O3/c1-4-6-11-10(14)12-8(5-2)7-9(13)15-3/h8H,4-7H2,1-3H3,(H2,11,12,14). The van der Waals surface area contributed by atoms with Crippen molar-refractivity contribution in [3.8, 4) is 0 Å². The topological polar surface area (TPSA) is 67.4 Å². The summed E-state index contributed by atoms with van der Waals surface area (Å²) in [6, 6.07) is -0.387. The number of amides is 2. The lowest BCUT2D eigenvalue weighted by Crippen LogP contribution is -2.43. The van der Waals surface area contributed by atoms with E-state index < -0.39 is 0 Å². The minimum absolute atomic E-state index is 0.158. The van der Waals surface area contributed by atoms with Crippen LogP contribution in [0.4, 0.5) is 4.79 Å². The third kappa shape index (κ3) is 6.76. The maximum absolute atomic E-state index is 11.3. The Kier molecular flexibility index (Phi) is 7.40. The van der Waals surface area contributed by atoms with Crippen molar-refractivity contribution in [2.45, 2.75) is 39.2 Å². The molecule has 0 aromatic heterocycles. The van der Waals surface area contributed by atoms with Crippen molar-refractivity contribution in [3.63, 3.8) is 0 Å². The number of urea groups is 1. The molecule has 0 bridgehead atoms. The molecule has 0 radical (unpaired) electrons. The van der Waals surface area contributed by atoms with Crippen molar-refractivity contribution in [1.82, 2.24) is 10.6 Å². The van der Waals surface area contributed by atoms with Crippen LogP contribution in [0.2, 0.25) is 0 Å². The minimum Gasteiger partial charge on any atom is -0.469 e. The van der Waals surface area contributed by atoms with Crippen LogP contribution in [0.3, 0.4) is 0 Å². The molecule has 88 valence electrons. The van der Waals surface area contributed by atoms with Crippen LogP contribution >= 0.6 is 0 Å². The zero-order valence-electron chi connectivity index (χ0n) is 9.63. The minimum atomic E-state index is -0.308. The van der Waals surface area contributed by atoms with Gasteiger partial charge in [-0.2, -0.15) is 0 Å². The Morgan fingerprint density at radius 3 is 2.47 bits per heavy atom. The second-order valence-electron chi connectivity index (χ2n) is 3.29. The number of ether oxygens (including phenoxy) is 1. The third-order valence-electron chi connectivity index (χ3n) is 2.00. The Hall–Kier alpha value is -1.26. The molecule has 2 amide bonds. The van der Waals surface area contributed by atoms with E-state index in [4.69, 9.17) is 0 Å². The van der Waals surface area contributed by atoms with Crippen LogP contribution in [0.25, 0.3) is 0 Å². The molecule has 0 aliphatic rings. The predicted molar refractivity (Wildman–Crippen MR) is 57.5 cm³/mol. The van der Waals surface area contributed by atoms with Crippen LogP contribution in [-0.4, -0.2) is 31.7 Å². The number of rotatable bonds is 6. The molecule has 0 aromatic carbocycles. The van der Waals surface area contributed by atoms with E-state index in [1.54, 1.807) is 0 Å². The quantitative estimate of drug-likeness (QED) is 0.652. The van der Waals surface area contributed by atoms with Crippen LogP contribution in [0.1, 0.15) is 33.1 Å². The van der Waals surface area contributed by atoms with Gasteiger partial charge < -0.3 is 15.4 Å². The average Bonchev–Trinajstić information content (AvgIpc) is 2.25. The highest BCUT2D eigenvalue weighted by Gasteiger charge is 2.14. The first-order valence-corrected chi connectivity index (χ1v) is 5.25. The summed E-state index contributed by atoms with van der Waals surface area (Å²) >= 11 is 0. The highest BCUT2D eigenvalue weighted by Crippen LogP contribution is 1.98. The lowest BCUT2D eigenvalue weighted by atomic mass is 10.1. The molecule has 5 nitrogen and oxygen atoms in total. The van der Waals surface area contributed by atoms with E-state index in [0.29, 0.717) is 13.0 Å². The Bertz CT molecular complexity index is 207. The van der Waals surface area contributed by atoms with Crippen LogP contribution < -0.4 is 10.6 Å². The van der Waals surface area contributed by atoms with E-state index >= 15 is 0 Å². The first-order valence-electron chi connectivity index (χ1n) is 5.25. The predicted octanol–water partition coefficient (Wildman–Crippen LogP) is 1.04. The summed E-state index contributed by atoms with van der Waals surface area (Å²) in [4.78, 5) is 22.2. The SMILES string of the molecule is CCCNC(=O)NC(CC)CC(=O)OC. The second kappa shape index (κ2) is 8.08. The van der Waals surface area contributed by atoms with Crippen LogP contribution in [0.5, 0.6) is 0 Å². The third-order valence-corrected chi connectivity index (χ3v) is 2.00. The highest BCUT2D eigenvalue weighted by molar-refractivity contribution is 5.76. The fraction of sp³-hybridized carbons (Fsp3) is 0.800. The van der Waals surface area contributed by atoms with Crippen LogP contribution in [0, 0.1) is 0 Å². The van der Waals surface area contributed by atoms with Gasteiger partial charge in [-0.3, -0.25) is 4.79 Å². The number of carbonyl (C=O) groups excluding carboxylic acids is 2. The largest absolute Gasteiger partial charge is 0.469 e. The zero-order valence-corrected chi connectivity index (χ0v) is 9.63. The van der Waals surface area contributed by atoms with Gasteiger partial charge in [0.1, 0.15) is 0 Å². The molecule has 2 N–H and O–H groups in total. The molecular weight excluding hydrogens is 196 g/mol. The molecule has 0 fully saturated rings. The number of nitrogens with one attached hydrogen (secondary N) is 2. The summed E-state index contributed by atoms with van der Waals surface area (Å²) in [5, 5.41) is 5.40.